The van der Waals surface area contributed by atoms with E-state index in [0.717, 1.165) is 42.8 Å². The van der Waals surface area contributed by atoms with E-state index in [0.29, 0.717) is 11.7 Å². The van der Waals surface area contributed by atoms with Crippen molar-refractivity contribution < 1.29 is 14.3 Å². The quantitative estimate of drug-likeness (QED) is 0.917. The lowest BCUT2D eigenvalue weighted by molar-refractivity contribution is -0.124. The van der Waals surface area contributed by atoms with Crippen molar-refractivity contribution in [2.75, 3.05) is 23.4 Å². The number of hydrogen-bond donors (Lipinski definition) is 1. The van der Waals surface area contributed by atoms with Gasteiger partial charge < -0.3 is 9.64 Å². The Hall–Kier alpha value is -2.25. The molecule has 0 saturated carbocycles. The molecule has 2 amide bonds. The molecule has 7 heteroatoms. The number of hydrogen-bond acceptors (Lipinski definition) is 5. The minimum atomic E-state index is -0.364. The predicted octanol–water partition coefficient (Wildman–Crippen LogP) is 2.84. The monoisotopic (exact) mass is 357 g/mol. The normalized spacial score (nSPS) is 19.1. The van der Waals surface area contributed by atoms with E-state index in [1.165, 1.54) is 16.9 Å². The number of aromatic nitrogens is 1. The van der Waals surface area contributed by atoms with Crippen LogP contribution in [0.1, 0.15) is 25.3 Å². The van der Waals surface area contributed by atoms with Crippen molar-refractivity contribution in [1.29, 1.82) is 0 Å². The zero-order valence-electron chi connectivity index (χ0n) is 13.9. The highest BCUT2D eigenvalue weighted by atomic mass is 32.1. The maximum Gasteiger partial charge on any atom is 0.255 e. The van der Waals surface area contributed by atoms with Crippen LogP contribution in [0.2, 0.25) is 0 Å². The average Bonchev–Trinajstić information content (AvgIpc) is 3.34. The number of nitrogens with one attached hydrogen (secondary N) is 1. The first kappa shape index (κ1) is 16.2. The van der Waals surface area contributed by atoms with Gasteiger partial charge in [0.25, 0.3) is 5.91 Å². The number of carbonyl (C=O) groups excluding carboxylic acids is 2. The summed E-state index contributed by atoms with van der Waals surface area (Å²) in [5.41, 5.74) is 3.88. The molecule has 0 bridgehead atoms. The first-order valence-corrected chi connectivity index (χ1v) is 9.29. The molecule has 25 heavy (non-hydrogen) atoms. The van der Waals surface area contributed by atoms with Crippen LogP contribution >= 0.6 is 11.3 Å². The summed E-state index contributed by atoms with van der Waals surface area (Å²) in [6.07, 6.45) is 2.20. The molecule has 2 aliphatic heterocycles. The summed E-state index contributed by atoms with van der Waals surface area (Å²) >= 11 is 1.39. The fraction of sp³-hybridized carbons (Fsp3) is 0.389. The van der Waals surface area contributed by atoms with Gasteiger partial charge in [-0.15, -0.1) is 11.3 Å². The number of amides is 2. The third-order valence-corrected chi connectivity index (χ3v) is 5.37. The topological polar surface area (TPSA) is 71.5 Å². The second-order valence-electron chi connectivity index (χ2n) is 6.29. The molecular weight excluding hydrogens is 338 g/mol. The Balaban J connectivity index is 1.53. The van der Waals surface area contributed by atoms with Crippen LogP contribution in [0.15, 0.2) is 23.6 Å². The minimum absolute atomic E-state index is 0.0543. The van der Waals surface area contributed by atoms with Crippen molar-refractivity contribution in [2.45, 2.75) is 32.3 Å². The third-order valence-electron chi connectivity index (χ3n) is 4.61. The van der Waals surface area contributed by atoms with Crippen LogP contribution in [0.25, 0.3) is 11.3 Å². The Morgan fingerprint density at radius 3 is 3.04 bits per heavy atom. The molecule has 2 aliphatic rings. The van der Waals surface area contributed by atoms with Crippen molar-refractivity contribution in [2.24, 2.45) is 0 Å². The SMILES string of the molecule is CC(=O)N1CCc2ccc(-c3csc(NC(=O)C4CCCO4)n3)cc21. The van der Waals surface area contributed by atoms with Crippen LogP contribution in [0, 0.1) is 0 Å². The van der Waals surface area contributed by atoms with Gasteiger partial charge in [-0.25, -0.2) is 4.98 Å². The van der Waals surface area contributed by atoms with Crippen LogP contribution in [0.4, 0.5) is 10.8 Å². The van der Waals surface area contributed by atoms with Crippen LogP contribution in [-0.2, 0) is 20.7 Å². The van der Waals surface area contributed by atoms with Gasteiger partial charge in [-0.2, -0.15) is 0 Å². The van der Waals surface area contributed by atoms with Crippen LogP contribution < -0.4 is 10.2 Å². The lowest BCUT2D eigenvalue weighted by atomic mass is 10.1. The average molecular weight is 357 g/mol. The molecule has 4 rings (SSSR count). The summed E-state index contributed by atoms with van der Waals surface area (Å²) in [5, 5.41) is 5.32. The van der Waals surface area contributed by atoms with Gasteiger partial charge >= 0.3 is 0 Å². The largest absolute Gasteiger partial charge is 0.368 e. The zero-order valence-corrected chi connectivity index (χ0v) is 14.8. The van der Waals surface area contributed by atoms with E-state index in [1.54, 1.807) is 11.8 Å². The standard InChI is InChI=1S/C18H19N3O3S/c1-11(22)21-7-6-12-4-5-13(9-15(12)21)14-10-25-18(19-14)20-17(23)16-3-2-8-24-16/h4-5,9-10,16H,2-3,6-8H2,1H3,(H,19,20,23). The number of fused-ring (bicyclic) bond motifs is 1. The summed E-state index contributed by atoms with van der Waals surface area (Å²) < 4.78 is 5.39. The number of anilines is 2. The molecule has 2 aromatic rings. The summed E-state index contributed by atoms with van der Waals surface area (Å²) in [7, 11) is 0. The summed E-state index contributed by atoms with van der Waals surface area (Å²) in [6, 6.07) is 6.07. The molecule has 1 N–H and O–H groups in total. The fourth-order valence-corrected chi connectivity index (χ4v) is 4.02. The molecule has 1 atom stereocenters. The van der Waals surface area contributed by atoms with Crippen molar-refractivity contribution in [3.63, 3.8) is 0 Å². The number of thiazole rings is 1. The van der Waals surface area contributed by atoms with Crippen molar-refractivity contribution in [3.8, 4) is 11.3 Å². The van der Waals surface area contributed by atoms with Gasteiger partial charge in [0.1, 0.15) is 6.10 Å². The minimum Gasteiger partial charge on any atom is -0.368 e. The fourth-order valence-electron chi connectivity index (χ4n) is 3.30. The van der Waals surface area contributed by atoms with Gasteiger partial charge in [-0.05, 0) is 30.9 Å². The van der Waals surface area contributed by atoms with Gasteiger partial charge in [0, 0.05) is 36.7 Å². The van der Waals surface area contributed by atoms with Gasteiger partial charge in [0.15, 0.2) is 5.13 Å². The van der Waals surface area contributed by atoms with E-state index in [-0.39, 0.29) is 17.9 Å². The molecule has 1 unspecified atom stereocenters. The van der Waals surface area contributed by atoms with E-state index in [1.807, 2.05) is 17.5 Å². The molecule has 1 fully saturated rings. The van der Waals surface area contributed by atoms with Crippen LogP contribution in [0.3, 0.4) is 0 Å². The van der Waals surface area contributed by atoms with Gasteiger partial charge in [-0.3, -0.25) is 14.9 Å². The molecule has 1 saturated heterocycles. The number of carbonyl (C=O) groups is 2. The van der Waals surface area contributed by atoms with E-state index in [2.05, 4.69) is 16.4 Å². The lowest BCUT2D eigenvalue weighted by Crippen LogP contribution is -2.26. The molecule has 130 valence electrons. The third kappa shape index (κ3) is 3.17. The van der Waals surface area contributed by atoms with E-state index >= 15 is 0 Å². The number of benzene rings is 1. The first-order valence-electron chi connectivity index (χ1n) is 8.41. The van der Waals surface area contributed by atoms with Gasteiger partial charge in [0.2, 0.25) is 5.91 Å². The first-order chi connectivity index (χ1) is 12.1. The van der Waals surface area contributed by atoms with E-state index in [9.17, 15) is 9.59 Å². The number of nitrogens with zero attached hydrogens (tertiary/aromatic N) is 2. The smallest absolute Gasteiger partial charge is 0.255 e. The molecule has 0 aliphatic carbocycles. The predicted molar refractivity (Wildman–Crippen MR) is 96.9 cm³/mol. The summed E-state index contributed by atoms with van der Waals surface area (Å²) in [4.78, 5) is 30.2. The lowest BCUT2D eigenvalue weighted by Gasteiger charge is -2.15. The maximum atomic E-state index is 12.1. The Kier molecular flexibility index (Phi) is 4.27. The Morgan fingerprint density at radius 1 is 1.40 bits per heavy atom. The molecule has 6 nitrogen and oxygen atoms in total. The van der Waals surface area contributed by atoms with Crippen LogP contribution in [0.5, 0.6) is 0 Å². The van der Waals surface area contributed by atoms with Gasteiger partial charge in [0.05, 0.1) is 5.69 Å². The van der Waals surface area contributed by atoms with E-state index in [4.69, 9.17) is 4.74 Å². The zero-order chi connectivity index (χ0) is 17.4. The summed E-state index contributed by atoms with van der Waals surface area (Å²) in [5.74, 6) is -0.0752. The molecule has 0 spiro atoms. The molecule has 3 heterocycles. The van der Waals surface area contributed by atoms with Gasteiger partial charge in [-0.1, -0.05) is 12.1 Å². The summed E-state index contributed by atoms with van der Waals surface area (Å²) in [6.45, 7) is 2.96. The highest BCUT2D eigenvalue weighted by molar-refractivity contribution is 7.14. The highest BCUT2D eigenvalue weighted by Crippen LogP contribution is 2.34. The molecule has 1 aromatic heterocycles. The highest BCUT2D eigenvalue weighted by Gasteiger charge is 2.25. The van der Waals surface area contributed by atoms with E-state index < -0.39 is 0 Å². The van der Waals surface area contributed by atoms with Crippen molar-refractivity contribution in [1.82, 2.24) is 4.98 Å². The Morgan fingerprint density at radius 2 is 2.28 bits per heavy atom. The maximum absolute atomic E-state index is 12.1. The molecular formula is C18H19N3O3S. The van der Waals surface area contributed by atoms with Crippen LogP contribution in [-0.4, -0.2) is 36.1 Å². The van der Waals surface area contributed by atoms with Crippen molar-refractivity contribution in [3.05, 3.63) is 29.1 Å². The Bertz CT molecular complexity index is 827. The second-order valence-corrected chi connectivity index (χ2v) is 7.15. The number of ether oxygens (including phenoxy) is 1. The second kappa shape index (κ2) is 6.57. The molecule has 0 radical (unpaired) electrons. The number of rotatable bonds is 3. The molecule has 1 aromatic carbocycles. The van der Waals surface area contributed by atoms with Crippen molar-refractivity contribution >= 4 is 34.0 Å². The Labute approximate surface area is 149 Å².